The van der Waals surface area contributed by atoms with Crippen LogP contribution in [0.25, 0.3) is 0 Å². The number of hydrogen-bond donors (Lipinski definition) is 1. The van der Waals surface area contributed by atoms with Gasteiger partial charge in [-0.1, -0.05) is 13.0 Å². The summed E-state index contributed by atoms with van der Waals surface area (Å²) >= 11 is 0. The van der Waals surface area contributed by atoms with Gasteiger partial charge in [-0.15, -0.1) is 0 Å². The molecule has 2 rings (SSSR count). The zero-order chi connectivity index (χ0) is 14.9. The van der Waals surface area contributed by atoms with Crippen molar-refractivity contribution in [1.82, 2.24) is 0 Å². The van der Waals surface area contributed by atoms with Gasteiger partial charge in [-0.3, -0.25) is 10.1 Å². The van der Waals surface area contributed by atoms with Gasteiger partial charge in [-0.05, 0) is 44.2 Å². The first-order valence-electron chi connectivity index (χ1n) is 7.15. The van der Waals surface area contributed by atoms with Crippen molar-refractivity contribution in [3.63, 3.8) is 0 Å². The van der Waals surface area contributed by atoms with Gasteiger partial charge >= 0.3 is 0 Å². The van der Waals surface area contributed by atoms with Gasteiger partial charge in [0.1, 0.15) is 5.69 Å². The molecule has 1 aliphatic rings. The minimum Gasteiger partial charge on any atom is -0.389 e. The lowest BCUT2D eigenvalue weighted by Crippen LogP contribution is -2.42. The maximum atomic E-state index is 11.3. The molecule has 0 radical (unpaired) electrons. The van der Waals surface area contributed by atoms with E-state index < -0.39 is 6.10 Å². The number of anilines is 1. The average molecular weight is 278 g/mol. The lowest BCUT2D eigenvalue weighted by molar-refractivity contribution is -0.384. The number of benzene rings is 1. The van der Waals surface area contributed by atoms with Gasteiger partial charge in [-0.2, -0.15) is 0 Å². The second-order valence-corrected chi connectivity index (χ2v) is 5.73. The van der Waals surface area contributed by atoms with Gasteiger partial charge in [0, 0.05) is 18.7 Å². The molecule has 5 nitrogen and oxygen atoms in total. The van der Waals surface area contributed by atoms with Crippen LogP contribution in [0, 0.1) is 16.0 Å². The summed E-state index contributed by atoms with van der Waals surface area (Å²) < 4.78 is 0. The Hall–Kier alpha value is -1.62. The highest BCUT2D eigenvalue weighted by molar-refractivity contribution is 5.65. The molecule has 1 aromatic carbocycles. The number of hydrogen-bond acceptors (Lipinski definition) is 4. The smallest absolute Gasteiger partial charge is 0.292 e. The zero-order valence-corrected chi connectivity index (χ0v) is 12.2. The van der Waals surface area contributed by atoms with E-state index >= 15 is 0 Å². The lowest BCUT2D eigenvalue weighted by atomic mass is 9.91. The minimum absolute atomic E-state index is 0.0874. The Kier molecular flexibility index (Phi) is 4.28. The predicted octanol–water partition coefficient (Wildman–Crippen LogP) is 3.27. The van der Waals surface area contributed by atoms with E-state index in [0.29, 0.717) is 23.2 Å². The zero-order valence-electron chi connectivity index (χ0n) is 12.2. The molecule has 1 heterocycles. The normalized spacial score (nSPS) is 24.5. The maximum absolute atomic E-state index is 11.3. The molecule has 0 aliphatic carbocycles. The van der Waals surface area contributed by atoms with Crippen molar-refractivity contribution in [2.24, 2.45) is 5.92 Å². The molecule has 0 saturated carbocycles. The first-order valence-corrected chi connectivity index (χ1v) is 7.15. The summed E-state index contributed by atoms with van der Waals surface area (Å²) in [6.07, 6.45) is 1.53. The third-order valence-corrected chi connectivity index (χ3v) is 4.36. The number of nitro benzene ring substituents is 1. The molecule has 110 valence electrons. The topological polar surface area (TPSA) is 66.6 Å². The third-order valence-electron chi connectivity index (χ3n) is 4.36. The number of rotatable bonds is 3. The monoisotopic (exact) mass is 278 g/mol. The van der Waals surface area contributed by atoms with Gasteiger partial charge < -0.3 is 10.0 Å². The van der Waals surface area contributed by atoms with Crippen LogP contribution in [0.1, 0.15) is 45.3 Å². The Morgan fingerprint density at radius 3 is 2.75 bits per heavy atom. The van der Waals surface area contributed by atoms with Gasteiger partial charge in [0.2, 0.25) is 0 Å². The highest BCUT2D eigenvalue weighted by Crippen LogP contribution is 2.36. The van der Waals surface area contributed by atoms with Crippen LogP contribution in [0.5, 0.6) is 0 Å². The Morgan fingerprint density at radius 2 is 2.15 bits per heavy atom. The maximum Gasteiger partial charge on any atom is 0.292 e. The number of piperidine rings is 1. The molecule has 0 spiro atoms. The first-order chi connectivity index (χ1) is 9.41. The number of nitro groups is 1. The predicted molar refractivity (Wildman–Crippen MR) is 78.9 cm³/mol. The fraction of sp³-hybridized carbons (Fsp3) is 0.600. The molecule has 1 aromatic rings. The highest BCUT2D eigenvalue weighted by Gasteiger charge is 2.29. The lowest BCUT2D eigenvalue weighted by Gasteiger charge is -2.39. The third kappa shape index (κ3) is 2.77. The second kappa shape index (κ2) is 5.79. The summed E-state index contributed by atoms with van der Waals surface area (Å²) in [6.45, 7) is 6.77. The van der Waals surface area contributed by atoms with Gasteiger partial charge in [-0.25, -0.2) is 0 Å². The quantitative estimate of drug-likeness (QED) is 0.680. The summed E-state index contributed by atoms with van der Waals surface area (Å²) in [4.78, 5) is 13.1. The Bertz CT molecular complexity index is 502. The van der Waals surface area contributed by atoms with Gasteiger partial charge in [0.25, 0.3) is 5.69 Å². The summed E-state index contributed by atoms with van der Waals surface area (Å²) in [6, 6.07) is 5.33. The molecule has 3 unspecified atom stereocenters. The van der Waals surface area contributed by atoms with Crippen LogP contribution in [0.15, 0.2) is 18.2 Å². The molecule has 1 aliphatic heterocycles. The molecule has 0 amide bonds. The van der Waals surface area contributed by atoms with Crippen molar-refractivity contribution in [3.05, 3.63) is 33.9 Å². The molecule has 0 aromatic heterocycles. The van der Waals surface area contributed by atoms with Crippen molar-refractivity contribution in [1.29, 1.82) is 0 Å². The van der Waals surface area contributed by atoms with Crippen molar-refractivity contribution in [2.45, 2.75) is 45.8 Å². The standard InChI is InChI=1S/C15H22N2O3/c1-10-5-4-8-16(11(10)2)14-7-6-13(12(3)18)9-15(14)17(19)20/h6-7,9-12,18H,4-5,8H2,1-3H3. The molecule has 5 heteroatoms. The molecular weight excluding hydrogens is 256 g/mol. The Balaban J connectivity index is 2.42. The number of aliphatic hydroxyl groups is 1. The van der Waals surface area contributed by atoms with Crippen LogP contribution in [-0.2, 0) is 0 Å². The van der Waals surface area contributed by atoms with Crippen LogP contribution in [-0.4, -0.2) is 22.6 Å². The van der Waals surface area contributed by atoms with Crippen LogP contribution >= 0.6 is 0 Å². The van der Waals surface area contributed by atoms with E-state index in [1.807, 2.05) is 0 Å². The van der Waals surface area contributed by atoms with Crippen molar-refractivity contribution >= 4 is 11.4 Å². The molecule has 0 bridgehead atoms. The summed E-state index contributed by atoms with van der Waals surface area (Å²) in [7, 11) is 0. The van der Waals surface area contributed by atoms with E-state index in [9.17, 15) is 15.2 Å². The van der Waals surface area contributed by atoms with E-state index in [0.717, 1.165) is 19.4 Å². The van der Waals surface area contributed by atoms with Gasteiger partial charge in [0.05, 0.1) is 11.0 Å². The molecule has 1 N–H and O–H groups in total. The van der Waals surface area contributed by atoms with E-state index in [4.69, 9.17) is 0 Å². The van der Waals surface area contributed by atoms with E-state index in [2.05, 4.69) is 18.7 Å². The van der Waals surface area contributed by atoms with Crippen LogP contribution in [0.2, 0.25) is 0 Å². The fourth-order valence-corrected chi connectivity index (χ4v) is 2.86. The molecule has 3 atom stereocenters. The highest BCUT2D eigenvalue weighted by atomic mass is 16.6. The number of nitrogens with zero attached hydrogens (tertiary/aromatic N) is 2. The molecule has 20 heavy (non-hydrogen) atoms. The Labute approximate surface area is 119 Å². The van der Waals surface area contributed by atoms with Gasteiger partial charge in [0.15, 0.2) is 0 Å². The van der Waals surface area contributed by atoms with Crippen molar-refractivity contribution in [3.8, 4) is 0 Å². The van der Waals surface area contributed by atoms with E-state index in [-0.39, 0.29) is 10.6 Å². The second-order valence-electron chi connectivity index (χ2n) is 5.73. The SMILES string of the molecule is CC(O)c1ccc(N2CCCC(C)C2C)c([N+](=O)[O-])c1. The molecule has 1 saturated heterocycles. The Morgan fingerprint density at radius 1 is 1.45 bits per heavy atom. The molecule has 1 fully saturated rings. The van der Waals surface area contributed by atoms with Crippen LogP contribution in [0.3, 0.4) is 0 Å². The van der Waals surface area contributed by atoms with E-state index in [1.54, 1.807) is 19.1 Å². The average Bonchev–Trinajstić information content (AvgIpc) is 2.41. The van der Waals surface area contributed by atoms with Crippen LogP contribution in [0.4, 0.5) is 11.4 Å². The largest absolute Gasteiger partial charge is 0.389 e. The summed E-state index contributed by atoms with van der Waals surface area (Å²) in [5.41, 5.74) is 1.33. The number of aliphatic hydroxyl groups excluding tert-OH is 1. The minimum atomic E-state index is -0.694. The summed E-state index contributed by atoms with van der Waals surface area (Å²) in [5.74, 6) is 0.528. The summed E-state index contributed by atoms with van der Waals surface area (Å²) in [5, 5.41) is 20.9. The fourth-order valence-electron chi connectivity index (χ4n) is 2.86. The molecular formula is C15H22N2O3. The van der Waals surface area contributed by atoms with Crippen LogP contribution < -0.4 is 4.90 Å². The van der Waals surface area contributed by atoms with Crippen molar-refractivity contribution in [2.75, 3.05) is 11.4 Å². The van der Waals surface area contributed by atoms with E-state index in [1.165, 1.54) is 6.07 Å². The van der Waals surface area contributed by atoms with Crippen molar-refractivity contribution < 1.29 is 10.0 Å². The first kappa shape index (κ1) is 14.8.